The number of aliphatic imine (C=N–C) groups is 1. The predicted octanol–water partition coefficient (Wildman–Crippen LogP) is 2.03. The Balaban J connectivity index is 2.43. The van der Waals surface area contributed by atoms with E-state index in [2.05, 4.69) is 25.9 Å². The van der Waals surface area contributed by atoms with Crippen LogP contribution in [0.4, 0.5) is 0 Å². The number of hydrogen-bond donors (Lipinski definition) is 2. The summed E-state index contributed by atoms with van der Waals surface area (Å²) >= 11 is 3.43. The van der Waals surface area contributed by atoms with Gasteiger partial charge in [0, 0.05) is 35.0 Å². The Morgan fingerprint density at radius 1 is 1.53 bits per heavy atom. The van der Waals surface area contributed by atoms with Crippen LogP contribution < -0.4 is 5.73 Å². The van der Waals surface area contributed by atoms with Crippen molar-refractivity contribution in [2.75, 3.05) is 7.05 Å². The molecule has 0 aliphatic heterocycles. The van der Waals surface area contributed by atoms with Crippen molar-refractivity contribution >= 4 is 38.5 Å². The molecule has 0 saturated heterocycles. The van der Waals surface area contributed by atoms with Gasteiger partial charge in [0.25, 0.3) is 5.91 Å². The van der Waals surface area contributed by atoms with Crippen molar-refractivity contribution in [2.24, 2.45) is 10.7 Å². The maximum Gasteiger partial charge on any atom is 0.262 e. The molecular weight excluding hydrogens is 282 g/mol. The number of amides is 1. The summed E-state index contributed by atoms with van der Waals surface area (Å²) in [6, 6.07) is 5.96. The number of fused-ring (bicyclic) bond motifs is 1. The maximum atomic E-state index is 11.1. The fourth-order valence-corrected chi connectivity index (χ4v) is 2.11. The highest BCUT2D eigenvalue weighted by atomic mass is 79.9. The van der Waals surface area contributed by atoms with Gasteiger partial charge in [-0.2, -0.15) is 0 Å². The average Bonchev–Trinajstić information content (AvgIpc) is 2.68. The molecule has 2 aromatic rings. The van der Waals surface area contributed by atoms with Gasteiger partial charge in [-0.05, 0) is 23.8 Å². The normalized spacial score (nSPS) is 12.0. The standard InChI is InChI=1S/C12H12BrN3O/c1-15-11(12(14)17)4-7-6-16-10-3-2-8(13)5-9(7)10/h2-3,5-6,16H,4H2,1H3,(H2,14,17). The lowest BCUT2D eigenvalue weighted by molar-refractivity contribution is -0.112. The van der Waals surface area contributed by atoms with E-state index >= 15 is 0 Å². The van der Waals surface area contributed by atoms with Crippen LogP contribution in [0, 0.1) is 0 Å². The number of aromatic amines is 1. The summed E-state index contributed by atoms with van der Waals surface area (Å²) in [4.78, 5) is 18.2. The van der Waals surface area contributed by atoms with Crippen LogP contribution in [0.1, 0.15) is 5.56 Å². The molecule has 17 heavy (non-hydrogen) atoms. The number of halogens is 1. The molecule has 0 spiro atoms. The zero-order valence-corrected chi connectivity index (χ0v) is 10.9. The molecule has 0 atom stereocenters. The van der Waals surface area contributed by atoms with Crippen molar-refractivity contribution in [3.05, 3.63) is 34.4 Å². The molecule has 0 radical (unpaired) electrons. The molecule has 3 N–H and O–H groups in total. The van der Waals surface area contributed by atoms with Crippen LogP contribution in [0.5, 0.6) is 0 Å². The number of nitrogens with two attached hydrogens (primary N) is 1. The van der Waals surface area contributed by atoms with E-state index in [1.54, 1.807) is 7.05 Å². The van der Waals surface area contributed by atoms with E-state index in [0.717, 1.165) is 20.9 Å². The lowest BCUT2D eigenvalue weighted by Gasteiger charge is -2.00. The zero-order valence-electron chi connectivity index (χ0n) is 9.33. The molecule has 0 unspecified atom stereocenters. The summed E-state index contributed by atoms with van der Waals surface area (Å²) in [6.45, 7) is 0. The van der Waals surface area contributed by atoms with E-state index in [1.807, 2.05) is 24.4 Å². The zero-order chi connectivity index (χ0) is 12.4. The second kappa shape index (κ2) is 4.71. The summed E-state index contributed by atoms with van der Waals surface area (Å²) in [6.07, 6.45) is 2.33. The number of carbonyl (C=O) groups is 1. The number of rotatable bonds is 3. The number of carbonyl (C=O) groups excluding carboxylic acids is 1. The average molecular weight is 294 g/mol. The van der Waals surface area contributed by atoms with Gasteiger partial charge < -0.3 is 10.7 Å². The maximum absolute atomic E-state index is 11.1. The third-order valence-electron chi connectivity index (χ3n) is 2.64. The fourth-order valence-electron chi connectivity index (χ4n) is 1.75. The molecule has 0 aliphatic carbocycles. The van der Waals surface area contributed by atoms with E-state index in [-0.39, 0.29) is 0 Å². The van der Waals surface area contributed by atoms with Crippen LogP contribution in [0.25, 0.3) is 10.9 Å². The summed E-state index contributed by atoms with van der Waals surface area (Å²) < 4.78 is 1.000. The molecule has 0 bridgehead atoms. The number of nitrogens with zero attached hydrogens (tertiary/aromatic N) is 1. The van der Waals surface area contributed by atoms with Crippen LogP contribution in [0.2, 0.25) is 0 Å². The Hall–Kier alpha value is -1.62. The van der Waals surface area contributed by atoms with Gasteiger partial charge in [0.1, 0.15) is 5.71 Å². The van der Waals surface area contributed by atoms with Crippen LogP contribution in [-0.4, -0.2) is 23.7 Å². The van der Waals surface area contributed by atoms with E-state index in [1.165, 1.54) is 0 Å². The minimum Gasteiger partial charge on any atom is -0.365 e. The van der Waals surface area contributed by atoms with Crippen LogP contribution >= 0.6 is 15.9 Å². The van der Waals surface area contributed by atoms with Gasteiger partial charge in [0.15, 0.2) is 0 Å². The van der Waals surface area contributed by atoms with Crippen molar-refractivity contribution in [3.63, 3.8) is 0 Å². The second-order valence-corrected chi connectivity index (χ2v) is 4.63. The van der Waals surface area contributed by atoms with Crippen molar-refractivity contribution in [1.29, 1.82) is 0 Å². The van der Waals surface area contributed by atoms with Gasteiger partial charge in [0.05, 0.1) is 0 Å². The Kier molecular flexibility index (Phi) is 3.28. The molecule has 0 fully saturated rings. The molecule has 0 saturated carbocycles. The highest BCUT2D eigenvalue weighted by Gasteiger charge is 2.11. The van der Waals surface area contributed by atoms with Gasteiger partial charge in [-0.3, -0.25) is 9.79 Å². The molecule has 1 aromatic carbocycles. The third kappa shape index (κ3) is 2.39. The van der Waals surface area contributed by atoms with Gasteiger partial charge in [0.2, 0.25) is 0 Å². The van der Waals surface area contributed by atoms with Crippen molar-refractivity contribution < 1.29 is 4.79 Å². The Bertz CT molecular complexity index is 601. The first-order chi connectivity index (χ1) is 8.11. The third-order valence-corrected chi connectivity index (χ3v) is 3.13. The number of benzene rings is 1. The molecule has 1 heterocycles. The van der Waals surface area contributed by atoms with E-state index in [9.17, 15) is 4.79 Å². The number of nitrogens with one attached hydrogen (secondary N) is 1. The molecule has 4 nitrogen and oxygen atoms in total. The molecule has 1 amide bonds. The number of H-pyrrole nitrogens is 1. The molecule has 0 aliphatic rings. The molecule has 5 heteroatoms. The van der Waals surface area contributed by atoms with Crippen LogP contribution in [0.15, 0.2) is 33.9 Å². The first-order valence-corrected chi connectivity index (χ1v) is 5.92. The molecule has 1 aromatic heterocycles. The SMILES string of the molecule is CN=C(Cc1c[nH]c2ccc(Br)cc12)C(N)=O. The van der Waals surface area contributed by atoms with Gasteiger partial charge >= 0.3 is 0 Å². The quantitative estimate of drug-likeness (QED) is 0.835. The molecular formula is C12H12BrN3O. The number of primary amides is 1. The summed E-state index contributed by atoms with van der Waals surface area (Å²) in [5, 5.41) is 1.07. The summed E-state index contributed by atoms with van der Waals surface area (Å²) in [7, 11) is 1.57. The van der Waals surface area contributed by atoms with Crippen molar-refractivity contribution in [1.82, 2.24) is 4.98 Å². The van der Waals surface area contributed by atoms with Gasteiger partial charge in [-0.25, -0.2) is 0 Å². The molecule has 88 valence electrons. The highest BCUT2D eigenvalue weighted by molar-refractivity contribution is 9.10. The summed E-state index contributed by atoms with van der Waals surface area (Å²) in [5.74, 6) is -0.475. The first-order valence-electron chi connectivity index (χ1n) is 5.13. The Morgan fingerprint density at radius 2 is 2.29 bits per heavy atom. The largest absolute Gasteiger partial charge is 0.365 e. The van der Waals surface area contributed by atoms with Gasteiger partial charge in [-0.1, -0.05) is 15.9 Å². The number of hydrogen-bond acceptors (Lipinski definition) is 2. The highest BCUT2D eigenvalue weighted by Crippen LogP contribution is 2.23. The topological polar surface area (TPSA) is 71.2 Å². The first kappa shape index (κ1) is 11.9. The molecule has 2 rings (SSSR count). The fraction of sp³-hybridized carbons (Fsp3) is 0.167. The van der Waals surface area contributed by atoms with E-state index in [0.29, 0.717) is 12.1 Å². The lowest BCUT2D eigenvalue weighted by atomic mass is 10.1. The number of aromatic nitrogens is 1. The minimum absolute atomic E-state index is 0.380. The van der Waals surface area contributed by atoms with Gasteiger partial charge in [-0.15, -0.1) is 0 Å². The van der Waals surface area contributed by atoms with Crippen LogP contribution in [0.3, 0.4) is 0 Å². The van der Waals surface area contributed by atoms with Crippen molar-refractivity contribution in [2.45, 2.75) is 6.42 Å². The second-order valence-electron chi connectivity index (χ2n) is 3.72. The van der Waals surface area contributed by atoms with Crippen molar-refractivity contribution in [3.8, 4) is 0 Å². The smallest absolute Gasteiger partial charge is 0.262 e. The predicted molar refractivity (Wildman–Crippen MR) is 72.3 cm³/mol. The Labute approximate surface area is 107 Å². The summed E-state index contributed by atoms with van der Waals surface area (Å²) in [5.41, 5.74) is 7.67. The lowest BCUT2D eigenvalue weighted by Crippen LogP contribution is -2.25. The monoisotopic (exact) mass is 293 g/mol. The Morgan fingerprint density at radius 3 is 2.94 bits per heavy atom. The van der Waals surface area contributed by atoms with Crippen LogP contribution in [-0.2, 0) is 11.2 Å². The van der Waals surface area contributed by atoms with E-state index < -0.39 is 5.91 Å². The van der Waals surface area contributed by atoms with E-state index in [4.69, 9.17) is 5.73 Å². The minimum atomic E-state index is -0.475.